The number of nitrogens with zero attached hydrogens (tertiary/aromatic N) is 1. The van der Waals surface area contributed by atoms with E-state index in [1.807, 2.05) is 84.6 Å². The molecule has 4 aromatic carbocycles. The van der Waals surface area contributed by atoms with Crippen molar-refractivity contribution >= 4 is 35.2 Å². The minimum Gasteiger partial charge on any atom is -0.345 e. The molecule has 1 heterocycles. The van der Waals surface area contributed by atoms with Crippen LogP contribution in [-0.2, 0) is 11.3 Å². The van der Waals surface area contributed by atoms with E-state index in [0.29, 0.717) is 29.1 Å². The van der Waals surface area contributed by atoms with E-state index in [1.165, 1.54) is 0 Å². The summed E-state index contributed by atoms with van der Waals surface area (Å²) in [5, 5.41) is 5.79. The van der Waals surface area contributed by atoms with Gasteiger partial charge in [0.05, 0.1) is 23.0 Å². The molecular formula is C32H29N3O3S. The SMILES string of the molecule is C[C@H](NC(=O)c1ccccc1NC(=O)c1ccc([C@@H]2SCC(=O)N2Cc2ccccc2)cc1)c1ccccc1. The Morgan fingerprint density at radius 3 is 2.21 bits per heavy atom. The minimum absolute atomic E-state index is 0.104. The second-order valence-corrected chi connectivity index (χ2v) is 10.5. The number of thioether (sulfide) groups is 1. The van der Waals surface area contributed by atoms with Gasteiger partial charge in [0, 0.05) is 12.1 Å². The summed E-state index contributed by atoms with van der Waals surface area (Å²) < 4.78 is 0. The first-order valence-electron chi connectivity index (χ1n) is 12.8. The van der Waals surface area contributed by atoms with Crippen molar-refractivity contribution in [3.05, 3.63) is 137 Å². The summed E-state index contributed by atoms with van der Waals surface area (Å²) in [5.74, 6) is -0.0399. The van der Waals surface area contributed by atoms with Gasteiger partial charge in [-0.3, -0.25) is 14.4 Å². The highest BCUT2D eigenvalue weighted by molar-refractivity contribution is 8.00. The number of hydrogen-bond donors (Lipinski definition) is 2. The van der Waals surface area contributed by atoms with Crippen LogP contribution in [0.5, 0.6) is 0 Å². The third-order valence-electron chi connectivity index (χ3n) is 6.69. The monoisotopic (exact) mass is 535 g/mol. The number of rotatable bonds is 8. The van der Waals surface area contributed by atoms with Crippen LogP contribution in [0.15, 0.2) is 109 Å². The molecular weight excluding hydrogens is 506 g/mol. The first-order chi connectivity index (χ1) is 19.0. The average molecular weight is 536 g/mol. The summed E-state index contributed by atoms with van der Waals surface area (Å²) in [7, 11) is 0. The molecule has 196 valence electrons. The van der Waals surface area contributed by atoms with E-state index in [0.717, 1.165) is 16.7 Å². The number of benzene rings is 4. The molecule has 0 aromatic heterocycles. The third-order valence-corrected chi connectivity index (χ3v) is 7.94. The van der Waals surface area contributed by atoms with Crippen molar-refractivity contribution in [2.45, 2.75) is 24.9 Å². The molecule has 2 N–H and O–H groups in total. The van der Waals surface area contributed by atoms with Gasteiger partial charge in [0.25, 0.3) is 11.8 Å². The highest BCUT2D eigenvalue weighted by Crippen LogP contribution is 2.39. The lowest BCUT2D eigenvalue weighted by molar-refractivity contribution is -0.128. The Labute approximate surface area is 232 Å². The molecule has 4 aromatic rings. The summed E-state index contributed by atoms with van der Waals surface area (Å²) in [6.45, 7) is 2.47. The van der Waals surface area contributed by atoms with Crippen LogP contribution in [0.4, 0.5) is 5.69 Å². The summed E-state index contributed by atoms with van der Waals surface area (Å²) >= 11 is 1.59. The van der Waals surface area contributed by atoms with Crippen LogP contribution in [0.3, 0.4) is 0 Å². The van der Waals surface area contributed by atoms with E-state index >= 15 is 0 Å². The molecule has 2 atom stereocenters. The molecule has 1 saturated heterocycles. The van der Waals surface area contributed by atoms with E-state index < -0.39 is 0 Å². The average Bonchev–Trinajstić information content (AvgIpc) is 3.33. The van der Waals surface area contributed by atoms with Crippen molar-refractivity contribution in [2.24, 2.45) is 0 Å². The second kappa shape index (κ2) is 12.0. The smallest absolute Gasteiger partial charge is 0.255 e. The normalized spacial score (nSPS) is 15.6. The third kappa shape index (κ3) is 6.21. The van der Waals surface area contributed by atoms with E-state index in [2.05, 4.69) is 10.6 Å². The fraction of sp³-hybridized carbons (Fsp3) is 0.156. The van der Waals surface area contributed by atoms with Crippen molar-refractivity contribution in [1.82, 2.24) is 10.2 Å². The van der Waals surface area contributed by atoms with Gasteiger partial charge in [0.2, 0.25) is 5.91 Å². The van der Waals surface area contributed by atoms with Crippen molar-refractivity contribution in [2.75, 3.05) is 11.1 Å². The fourth-order valence-electron chi connectivity index (χ4n) is 4.56. The Morgan fingerprint density at radius 2 is 1.49 bits per heavy atom. The molecule has 7 heteroatoms. The van der Waals surface area contributed by atoms with Crippen LogP contribution in [0.2, 0.25) is 0 Å². The predicted octanol–water partition coefficient (Wildman–Crippen LogP) is 6.20. The maximum Gasteiger partial charge on any atom is 0.255 e. The summed E-state index contributed by atoms with van der Waals surface area (Å²) in [5.41, 5.74) is 4.34. The first kappa shape index (κ1) is 26.3. The summed E-state index contributed by atoms with van der Waals surface area (Å²) in [6, 6.07) is 33.7. The topological polar surface area (TPSA) is 78.5 Å². The first-order valence-corrected chi connectivity index (χ1v) is 13.9. The molecule has 0 unspecified atom stereocenters. The summed E-state index contributed by atoms with van der Waals surface area (Å²) in [4.78, 5) is 40.6. The summed E-state index contributed by atoms with van der Waals surface area (Å²) in [6.07, 6.45) is 0. The van der Waals surface area contributed by atoms with Crippen LogP contribution in [-0.4, -0.2) is 28.4 Å². The lowest BCUT2D eigenvalue weighted by Gasteiger charge is -2.24. The maximum absolute atomic E-state index is 13.1. The van der Waals surface area contributed by atoms with Crippen molar-refractivity contribution < 1.29 is 14.4 Å². The molecule has 3 amide bonds. The van der Waals surface area contributed by atoms with E-state index in [9.17, 15) is 14.4 Å². The van der Waals surface area contributed by atoms with Gasteiger partial charge in [-0.25, -0.2) is 0 Å². The van der Waals surface area contributed by atoms with E-state index in [4.69, 9.17) is 0 Å². The van der Waals surface area contributed by atoms with Crippen LogP contribution >= 0.6 is 11.8 Å². The molecule has 5 rings (SSSR count). The van der Waals surface area contributed by atoms with Gasteiger partial charge in [-0.15, -0.1) is 11.8 Å². The molecule has 1 fully saturated rings. The Morgan fingerprint density at radius 1 is 0.846 bits per heavy atom. The van der Waals surface area contributed by atoms with Crippen LogP contribution in [0, 0.1) is 0 Å². The Hall–Kier alpha value is -4.36. The van der Waals surface area contributed by atoms with Crippen molar-refractivity contribution in [1.29, 1.82) is 0 Å². The zero-order valence-corrected chi connectivity index (χ0v) is 22.4. The number of amides is 3. The van der Waals surface area contributed by atoms with Gasteiger partial charge in [-0.05, 0) is 47.9 Å². The molecule has 39 heavy (non-hydrogen) atoms. The highest BCUT2D eigenvalue weighted by atomic mass is 32.2. The van der Waals surface area contributed by atoms with Crippen molar-refractivity contribution in [3.63, 3.8) is 0 Å². The molecule has 6 nitrogen and oxygen atoms in total. The minimum atomic E-state index is -0.311. The fourth-order valence-corrected chi connectivity index (χ4v) is 5.75. The van der Waals surface area contributed by atoms with Gasteiger partial charge in [-0.1, -0.05) is 84.9 Å². The van der Waals surface area contributed by atoms with Crippen LogP contribution < -0.4 is 10.6 Å². The van der Waals surface area contributed by atoms with Gasteiger partial charge >= 0.3 is 0 Å². The van der Waals surface area contributed by atoms with Crippen molar-refractivity contribution in [3.8, 4) is 0 Å². The quantitative estimate of drug-likeness (QED) is 0.281. The van der Waals surface area contributed by atoms with E-state index in [-0.39, 0.29) is 29.1 Å². The molecule has 1 aliphatic rings. The van der Waals surface area contributed by atoms with E-state index in [1.54, 1.807) is 48.2 Å². The molecule has 0 spiro atoms. The van der Waals surface area contributed by atoms with Crippen LogP contribution in [0.1, 0.15) is 55.7 Å². The molecule has 0 aliphatic carbocycles. The van der Waals surface area contributed by atoms with Crippen LogP contribution in [0.25, 0.3) is 0 Å². The zero-order valence-electron chi connectivity index (χ0n) is 21.5. The Kier molecular flexibility index (Phi) is 8.08. The Bertz CT molecular complexity index is 1460. The predicted molar refractivity (Wildman–Crippen MR) is 155 cm³/mol. The molecule has 1 aliphatic heterocycles. The molecule has 0 saturated carbocycles. The molecule has 0 bridgehead atoms. The highest BCUT2D eigenvalue weighted by Gasteiger charge is 2.32. The van der Waals surface area contributed by atoms with Gasteiger partial charge in [-0.2, -0.15) is 0 Å². The largest absolute Gasteiger partial charge is 0.345 e. The Balaban J connectivity index is 1.26. The zero-order chi connectivity index (χ0) is 27.2. The second-order valence-electron chi connectivity index (χ2n) is 9.40. The number of anilines is 1. The lowest BCUT2D eigenvalue weighted by Crippen LogP contribution is -2.28. The van der Waals surface area contributed by atoms with Gasteiger partial charge in [0.15, 0.2) is 0 Å². The van der Waals surface area contributed by atoms with Gasteiger partial charge in [0.1, 0.15) is 5.37 Å². The number of carbonyl (C=O) groups is 3. The number of carbonyl (C=O) groups excluding carboxylic acids is 3. The standard InChI is InChI=1S/C32H29N3O3S/c1-22(24-12-6-3-7-13-24)33-31(38)27-14-8-9-15-28(27)34-30(37)25-16-18-26(19-17-25)32-35(29(36)21-39-32)20-23-10-4-2-5-11-23/h2-19,22,32H,20-21H2,1H3,(H,33,38)(H,34,37)/t22-,32-/m0/s1. The number of para-hydroxylation sites is 1. The number of nitrogens with one attached hydrogen (secondary N) is 2. The lowest BCUT2D eigenvalue weighted by atomic mass is 10.1. The number of hydrogen-bond acceptors (Lipinski definition) is 4. The molecule has 0 radical (unpaired) electrons. The maximum atomic E-state index is 13.1. The van der Waals surface area contributed by atoms with Gasteiger partial charge < -0.3 is 15.5 Å².